The summed E-state index contributed by atoms with van der Waals surface area (Å²) < 4.78 is 5.27. The number of hydrogen-bond donors (Lipinski definition) is 0. The highest BCUT2D eigenvalue weighted by atomic mass is 16.5. The summed E-state index contributed by atoms with van der Waals surface area (Å²) in [6.45, 7) is 6.82. The maximum Gasteiger partial charge on any atom is 0.0618 e. The third-order valence-electron chi connectivity index (χ3n) is 3.32. The van der Waals surface area contributed by atoms with Crippen molar-refractivity contribution in [2.75, 3.05) is 20.3 Å². The van der Waals surface area contributed by atoms with Gasteiger partial charge in [-0.3, -0.25) is 4.90 Å². The zero-order valence-corrected chi connectivity index (χ0v) is 9.96. The maximum absolute atomic E-state index is 5.27. The van der Waals surface area contributed by atoms with Gasteiger partial charge < -0.3 is 4.74 Å². The minimum absolute atomic E-state index is 0.687. The normalized spacial score (nSPS) is 25.5. The maximum atomic E-state index is 5.27. The summed E-state index contributed by atoms with van der Waals surface area (Å²) in [5, 5.41) is 0. The van der Waals surface area contributed by atoms with Crippen molar-refractivity contribution < 1.29 is 4.74 Å². The second-order valence-electron chi connectivity index (χ2n) is 4.48. The fourth-order valence-electron chi connectivity index (χ4n) is 2.47. The fourth-order valence-corrected chi connectivity index (χ4v) is 2.47. The molecule has 1 rings (SSSR count). The van der Waals surface area contributed by atoms with Crippen molar-refractivity contribution in [2.24, 2.45) is 0 Å². The van der Waals surface area contributed by atoms with Crippen molar-refractivity contribution in [3.8, 4) is 0 Å². The van der Waals surface area contributed by atoms with Gasteiger partial charge in [-0.05, 0) is 32.7 Å². The van der Waals surface area contributed by atoms with Crippen LogP contribution in [0.1, 0.15) is 46.0 Å². The molecule has 0 amide bonds. The van der Waals surface area contributed by atoms with Crippen LogP contribution in [0.2, 0.25) is 0 Å². The molecule has 1 unspecified atom stereocenters. The van der Waals surface area contributed by atoms with Gasteiger partial charge in [-0.1, -0.05) is 19.8 Å². The van der Waals surface area contributed by atoms with Gasteiger partial charge in [-0.2, -0.15) is 0 Å². The molecular weight excluding hydrogens is 174 g/mol. The average molecular weight is 199 g/mol. The standard InChI is InChI=1S/C12H25NO/c1-4-5-7-11(2)13-9-6-8-12(13)10-14-3/h11-12H,4-10H2,1-3H3/t11?,12-/m0/s1. The first kappa shape index (κ1) is 12.0. The molecule has 1 heterocycles. The molecule has 0 aliphatic carbocycles. The van der Waals surface area contributed by atoms with E-state index in [1.165, 1.54) is 38.6 Å². The molecule has 0 radical (unpaired) electrons. The van der Waals surface area contributed by atoms with Crippen LogP contribution in [0.5, 0.6) is 0 Å². The number of methoxy groups -OCH3 is 1. The number of ether oxygens (including phenoxy) is 1. The van der Waals surface area contributed by atoms with E-state index in [0.717, 1.165) is 12.6 Å². The Morgan fingerprint density at radius 1 is 1.50 bits per heavy atom. The van der Waals surface area contributed by atoms with Crippen molar-refractivity contribution in [1.82, 2.24) is 4.90 Å². The van der Waals surface area contributed by atoms with E-state index in [2.05, 4.69) is 18.7 Å². The second-order valence-corrected chi connectivity index (χ2v) is 4.48. The van der Waals surface area contributed by atoms with Crippen molar-refractivity contribution in [3.63, 3.8) is 0 Å². The first-order chi connectivity index (χ1) is 6.79. The van der Waals surface area contributed by atoms with E-state index in [1.54, 1.807) is 0 Å². The molecule has 84 valence electrons. The largest absolute Gasteiger partial charge is 0.383 e. The fraction of sp³-hybridized carbons (Fsp3) is 1.00. The van der Waals surface area contributed by atoms with Gasteiger partial charge in [-0.15, -0.1) is 0 Å². The molecule has 1 saturated heterocycles. The first-order valence-corrected chi connectivity index (χ1v) is 6.04. The van der Waals surface area contributed by atoms with Gasteiger partial charge in [0, 0.05) is 19.2 Å². The summed E-state index contributed by atoms with van der Waals surface area (Å²) in [5.41, 5.74) is 0. The highest BCUT2D eigenvalue weighted by molar-refractivity contribution is 4.82. The van der Waals surface area contributed by atoms with E-state index in [4.69, 9.17) is 4.74 Å². The predicted octanol–water partition coefficient (Wildman–Crippen LogP) is 2.68. The molecular formula is C12H25NO. The molecule has 0 aromatic carbocycles. The second kappa shape index (κ2) is 6.41. The Morgan fingerprint density at radius 3 is 2.93 bits per heavy atom. The molecule has 0 aromatic heterocycles. The Kier molecular flexibility index (Phi) is 5.49. The van der Waals surface area contributed by atoms with E-state index in [-0.39, 0.29) is 0 Å². The summed E-state index contributed by atoms with van der Waals surface area (Å²) >= 11 is 0. The number of unbranched alkanes of at least 4 members (excludes halogenated alkanes) is 1. The molecule has 2 atom stereocenters. The minimum atomic E-state index is 0.687. The van der Waals surface area contributed by atoms with Crippen molar-refractivity contribution >= 4 is 0 Å². The molecule has 0 N–H and O–H groups in total. The van der Waals surface area contributed by atoms with Crippen LogP contribution in [0.15, 0.2) is 0 Å². The lowest BCUT2D eigenvalue weighted by molar-refractivity contribution is 0.0903. The molecule has 1 aliphatic rings. The summed E-state index contributed by atoms with van der Waals surface area (Å²) in [4.78, 5) is 2.64. The summed E-state index contributed by atoms with van der Waals surface area (Å²) in [7, 11) is 1.81. The Labute approximate surface area is 88.6 Å². The van der Waals surface area contributed by atoms with E-state index >= 15 is 0 Å². The van der Waals surface area contributed by atoms with Gasteiger partial charge >= 0.3 is 0 Å². The van der Waals surface area contributed by atoms with Crippen LogP contribution in [-0.2, 0) is 4.74 Å². The Morgan fingerprint density at radius 2 is 2.29 bits per heavy atom. The number of nitrogens with zero attached hydrogens (tertiary/aromatic N) is 1. The third kappa shape index (κ3) is 3.25. The monoisotopic (exact) mass is 199 g/mol. The lowest BCUT2D eigenvalue weighted by Crippen LogP contribution is -2.39. The van der Waals surface area contributed by atoms with Crippen LogP contribution in [0.25, 0.3) is 0 Å². The van der Waals surface area contributed by atoms with E-state index in [1.807, 2.05) is 7.11 Å². The lowest BCUT2D eigenvalue weighted by atomic mass is 10.1. The van der Waals surface area contributed by atoms with Crippen LogP contribution < -0.4 is 0 Å². The zero-order chi connectivity index (χ0) is 10.4. The molecule has 0 saturated carbocycles. The summed E-state index contributed by atoms with van der Waals surface area (Å²) in [5.74, 6) is 0. The highest BCUT2D eigenvalue weighted by Gasteiger charge is 2.27. The number of rotatable bonds is 6. The van der Waals surface area contributed by atoms with Crippen LogP contribution in [0.4, 0.5) is 0 Å². The highest BCUT2D eigenvalue weighted by Crippen LogP contribution is 2.22. The van der Waals surface area contributed by atoms with Crippen molar-refractivity contribution in [1.29, 1.82) is 0 Å². The predicted molar refractivity (Wildman–Crippen MR) is 60.6 cm³/mol. The van der Waals surface area contributed by atoms with E-state index in [0.29, 0.717) is 6.04 Å². The van der Waals surface area contributed by atoms with Crippen LogP contribution in [0, 0.1) is 0 Å². The molecule has 14 heavy (non-hydrogen) atoms. The van der Waals surface area contributed by atoms with Gasteiger partial charge in [0.1, 0.15) is 0 Å². The van der Waals surface area contributed by atoms with Crippen LogP contribution in [0.3, 0.4) is 0 Å². The molecule has 1 aliphatic heterocycles. The lowest BCUT2D eigenvalue weighted by Gasteiger charge is -2.30. The van der Waals surface area contributed by atoms with Crippen LogP contribution in [-0.4, -0.2) is 37.2 Å². The third-order valence-corrected chi connectivity index (χ3v) is 3.32. The molecule has 0 spiro atoms. The number of hydrogen-bond acceptors (Lipinski definition) is 2. The first-order valence-electron chi connectivity index (χ1n) is 6.04. The Hall–Kier alpha value is -0.0800. The van der Waals surface area contributed by atoms with Gasteiger partial charge in [0.25, 0.3) is 0 Å². The summed E-state index contributed by atoms with van der Waals surface area (Å²) in [6.07, 6.45) is 6.69. The Bertz CT molecular complexity index is 149. The topological polar surface area (TPSA) is 12.5 Å². The van der Waals surface area contributed by atoms with E-state index in [9.17, 15) is 0 Å². The van der Waals surface area contributed by atoms with Gasteiger partial charge in [-0.25, -0.2) is 0 Å². The Balaban J connectivity index is 2.32. The SMILES string of the molecule is CCCCC(C)N1CCC[C@H]1COC. The number of likely N-dealkylation sites (tertiary alicyclic amines) is 1. The molecule has 0 aromatic rings. The van der Waals surface area contributed by atoms with Gasteiger partial charge in [0.05, 0.1) is 6.61 Å². The van der Waals surface area contributed by atoms with Crippen molar-refractivity contribution in [3.05, 3.63) is 0 Å². The molecule has 2 heteroatoms. The van der Waals surface area contributed by atoms with Gasteiger partial charge in [0.2, 0.25) is 0 Å². The molecule has 1 fully saturated rings. The van der Waals surface area contributed by atoms with Gasteiger partial charge in [0.15, 0.2) is 0 Å². The van der Waals surface area contributed by atoms with Crippen LogP contribution >= 0.6 is 0 Å². The summed E-state index contributed by atoms with van der Waals surface area (Å²) in [6, 6.07) is 1.43. The average Bonchev–Trinajstić information content (AvgIpc) is 2.63. The molecule has 0 bridgehead atoms. The molecule has 2 nitrogen and oxygen atoms in total. The zero-order valence-electron chi connectivity index (χ0n) is 9.96. The van der Waals surface area contributed by atoms with E-state index < -0.39 is 0 Å². The minimum Gasteiger partial charge on any atom is -0.383 e. The quantitative estimate of drug-likeness (QED) is 0.652. The smallest absolute Gasteiger partial charge is 0.0618 e. The van der Waals surface area contributed by atoms with Crippen molar-refractivity contribution in [2.45, 2.75) is 58.0 Å².